The molecule has 4 rings (SSSR count). The maximum absolute atomic E-state index is 12.0. The van der Waals surface area contributed by atoms with Crippen molar-refractivity contribution in [2.45, 2.75) is 6.61 Å². The first-order valence-corrected chi connectivity index (χ1v) is 9.68. The van der Waals surface area contributed by atoms with Crippen molar-refractivity contribution >= 4 is 34.1 Å². The van der Waals surface area contributed by atoms with Crippen LogP contribution in [0.2, 0.25) is 0 Å². The van der Waals surface area contributed by atoms with Gasteiger partial charge in [-0.3, -0.25) is 9.36 Å². The van der Waals surface area contributed by atoms with Gasteiger partial charge < -0.3 is 25.7 Å². The highest BCUT2D eigenvalue weighted by atomic mass is 32.1. The zero-order valence-corrected chi connectivity index (χ0v) is 17.1. The number of hydrogen-bond acceptors (Lipinski definition) is 8. The molecule has 3 aromatic heterocycles. The minimum atomic E-state index is -0.570. The van der Waals surface area contributed by atoms with E-state index in [0.29, 0.717) is 27.9 Å². The van der Waals surface area contributed by atoms with Gasteiger partial charge >= 0.3 is 0 Å². The number of benzene rings is 1. The molecule has 1 aromatic carbocycles. The van der Waals surface area contributed by atoms with Gasteiger partial charge in [-0.05, 0) is 17.7 Å². The van der Waals surface area contributed by atoms with E-state index < -0.39 is 5.91 Å². The molecule has 4 aromatic rings. The summed E-state index contributed by atoms with van der Waals surface area (Å²) in [5.74, 6) is 1.37. The minimum Gasteiger partial charge on any atom is -0.493 e. The van der Waals surface area contributed by atoms with Crippen molar-refractivity contribution in [3.8, 4) is 22.2 Å². The van der Waals surface area contributed by atoms with Crippen LogP contribution in [0.15, 0.2) is 42.9 Å². The summed E-state index contributed by atoms with van der Waals surface area (Å²) in [6.07, 6.45) is 3.26. The standard InChI is InChI=1S/C20H19N5O4S/c1-27-14-6-12-13(7-15(14)28-2)25(10-24-12)18-8-16(19(30-18)20(22)26)29-9-11-3-4-23-17(21)5-11/h3-8,10H,9H2,1-2H3,(H2,21,23)(H2,22,26). The summed E-state index contributed by atoms with van der Waals surface area (Å²) in [5, 5.41) is 0.725. The number of carbonyl (C=O) groups excluding carboxylic acids is 1. The molecule has 0 aliphatic carbocycles. The zero-order chi connectivity index (χ0) is 21.3. The highest BCUT2D eigenvalue weighted by Gasteiger charge is 2.19. The molecule has 0 radical (unpaired) electrons. The number of thiophene rings is 1. The van der Waals surface area contributed by atoms with E-state index in [0.717, 1.165) is 21.6 Å². The van der Waals surface area contributed by atoms with Crippen molar-refractivity contribution in [3.05, 3.63) is 53.3 Å². The van der Waals surface area contributed by atoms with Crippen LogP contribution in [0, 0.1) is 0 Å². The Hall–Kier alpha value is -3.79. The molecule has 10 heteroatoms. The smallest absolute Gasteiger partial charge is 0.262 e. The maximum Gasteiger partial charge on any atom is 0.262 e. The predicted octanol–water partition coefficient (Wildman–Crippen LogP) is 2.76. The van der Waals surface area contributed by atoms with Crippen LogP contribution >= 0.6 is 11.3 Å². The molecule has 0 spiro atoms. The average molecular weight is 425 g/mol. The molecular weight excluding hydrogens is 406 g/mol. The minimum absolute atomic E-state index is 0.221. The maximum atomic E-state index is 12.0. The van der Waals surface area contributed by atoms with E-state index >= 15 is 0 Å². The molecule has 0 fully saturated rings. The Balaban J connectivity index is 1.71. The van der Waals surface area contributed by atoms with Gasteiger partial charge in [0.25, 0.3) is 5.91 Å². The second kappa shape index (κ2) is 7.91. The Kier molecular flexibility index (Phi) is 5.15. The summed E-state index contributed by atoms with van der Waals surface area (Å²) in [5.41, 5.74) is 13.6. The van der Waals surface area contributed by atoms with Gasteiger partial charge in [0.05, 0.1) is 25.3 Å². The van der Waals surface area contributed by atoms with Crippen LogP contribution in [0.3, 0.4) is 0 Å². The van der Waals surface area contributed by atoms with Gasteiger partial charge in [0.15, 0.2) is 11.5 Å². The third-order valence-electron chi connectivity index (χ3n) is 4.44. The van der Waals surface area contributed by atoms with Gasteiger partial charge in [0.2, 0.25) is 0 Å². The quantitative estimate of drug-likeness (QED) is 0.466. The Bertz CT molecular complexity index is 1230. The first-order valence-electron chi connectivity index (χ1n) is 8.86. The fraction of sp³-hybridized carbons (Fsp3) is 0.150. The molecule has 0 saturated carbocycles. The average Bonchev–Trinajstić information content (AvgIpc) is 3.34. The van der Waals surface area contributed by atoms with E-state index in [2.05, 4.69) is 9.97 Å². The van der Waals surface area contributed by atoms with Crippen molar-refractivity contribution in [2.24, 2.45) is 5.73 Å². The predicted molar refractivity (Wildman–Crippen MR) is 114 cm³/mol. The number of primary amides is 1. The SMILES string of the molecule is COc1cc2ncn(-c3cc(OCc4ccnc(N)c4)c(C(N)=O)s3)c2cc1OC. The van der Waals surface area contributed by atoms with Crippen LogP contribution in [0.1, 0.15) is 15.2 Å². The van der Waals surface area contributed by atoms with Gasteiger partial charge in [0, 0.05) is 24.4 Å². The molecule has 0 saturated heterocycles. The molecule has 0 atom stereocenters. The second-order valence-corrected chi connectivity index (χ2v) is 7.36. The number of imidazole rings is 1. The van der Waals surface area contributed by atoms with E-state index in [9.17, 15) is 4.79 Å². The fourth-order valence-electron chi connectivity index (χ4n) is 3.02. The monoisotopic (exact) mass is 425 g/mol. The fourth-order valence-corrected chi connectivity index (χ4v) is 3.95. The number of aromatic nitrogens is 3. The lowest BCUT2D eigenvalue weighted by atomic mass is 10.2. The lowest BCUT2D eigenvalue weighted by Crippen LogP contribution is -2.10. The van der Waals surface area contributed by atoms with Crippen molar-refractivity contribution in [1.82, 2.24) is 14.5 Å². The largest absolute Gasteiger partial charge is 0.493 e. The van der Waals surface area contributed by atoms with E-state index in [1.807, 2.05) is 10.6 Å². The van der Waals surface area contributed by atoms with Crippen LogP contribution in [0.25, 0.3) is 16.0 Å². The molecule has 0 unspecified atom stereocenters. The number of anilines is 1. The van der Waals surface area contributed by atoms with Gasteiger partial charge in [-0.1, -0.05) is 0 Å². The molecule has 30 heavy (non-hydrogen) atoms. The zero-order valence-electron chi connectivity index (χ0n) is 16.3. The van der Waals surface area contributed by atoms with E-state index in [4.69, 9.17) is 25.7 Å². The van der Waals surface area contributed by atoms with Crippen LogP contribution in [-0.2, 0) is 6.61 Å². The second-order valence-electron chi connectivity index (χ2n) is 6.33. The van der Waals surface area contributed by atoms with Crippen molar-refractivity contribution in [2.75, 3.05) is 20.0 Å². The number of nitrogen functional groups attached to an aromatic ring is 1. The van der Waals surface area contributed by atoms with E-state index in [1.165, 1.54) is 11.3 Å². The van der Waals surface area contributed by atoms with Crippen LogP contribution in [0.4, 0.5) is 5.82 Å². The van der Waals surface area contributed by atoms with Gasteiger partial charge in [-0.25, -0.2) is 9.97 Å². The number of hydrogen-bond donors (Lipinski definition) is 2. The third kappa shape index (κ3) is 3.60. The normalized spacial score (nSPS) is 10.9. The summed E-state index contributed by atoms with van der Waals surface area (Å²) in [6, 6.07) is 8.87. The summed E-state index contributed by atoms with van der Waals surface area (Å²) in [7, 11) is 3.14. The number of amides is 1. The lowest BCUT2D eigenvalue weighted by molar-refractivity contribution is 0.1000. The van der Waals surface area contributed by atoms with Gasteiger partial charge in [-0.2, -0.15) is 0 Å². The highest BCUT2D eigenvalue weighted by molar-refractivity contribution is 7.16. The molecule has 1 amide bonds. The summed E-state index contributed by atoms with van der Waals surface area (Å²) in [4.78, 5) is 20.7. The number of carbonyl (C=O) groups is 1. The number of fused-ring (bicyclic) bond motifs is 1. The third-order valence-corrected chi connectivity index (χ3v) is 5.57. The molecule has 0 aliphatic rings. The van der Waals surface area contributed by atoms with Crippen molar-refractivity contribution in [3.63, 3.8) is 0 Å². The summed E-state index contributed by atoms with van der Waals surface area (Å²) in [6.45, 7) is 0.221. The molecular formula is C20H19N5O4S. The number of nitrogens with two attached hydrogens (primary N) is 2. The molecule has 3 heterocycles. The summed E-state index contributed by atoms with van der Waals surface area (Å²) < 4.78 is 18.4. The molecule has 0 aliphatic heterocycles. The summed E-state index contributed by atoms with van der Waals surface area (Å²) >= 11 is 1.22. The molecule has 4 N–H and O–H groups in total. The van der Waals surface area contributed by atoms with Crippen molar-refractivity contribution in [1.29, 1.82) is 0 Å². The Morgan fingerprint density at radius 1 is 1.10 bits per heavy atom. The lowest BCUT2D eigenvalue weighted by Gasteiger charge is -2.08. The highest BCUT2D eigenvalue weighted by Crippen LogP contribution is 2.37. The number of methoxy groups -OCH3 is 2. The van der Waals surface area contributed by atoms with Gasteiger partial charge in [0.1, 0.15) is 34.4 Å². The van der Waals surface area contributed by atoms with Crippen LogP contribution in [0.5, 0.6) is 17.2 Å². The molecule has 0 bridgehead atoms. The number of pyridine rings is 1. The van der Waals surface area contributed by atoms with E-state index in [1.54, 1.807) is 51.0 Å². The molecule has 154 valence electrons. The molecule has 9 nitrogen and oxygen atoms in total. The van der Waals surface area contributed by atoms with Gasteiger partial charge in [-0.15, -0.1) is 11.3 Å². The van der Waals surface area contributed by atoms with Crippen LogP contribution in [-0.4, -0.2) is 34.7 Å². The Morgan fingerprint density at radius 3 is 2.57 bits per heavy atom. The number of nitrogens with zero attached hydrogens (tertiary/aromatic N) is 3. The van der Waals surface area contributed by atoms with E-state index in [-0.39, 0.29) is 6.61 Å². The first-order chi connectivity index (χ1) is 14.5. The number of ether oxygens (including phenoxy) is 3. The number of rotatable bonds is 7. The van der Waals surface area contributed by atoms with Crippen molar-refractivity contribution < 1.29 is 19.0 Å². The van der Waals surface area contributed by atoms with Crippen LogP contribution < -0.4 is 25.7 Å². The topological polar surface area (TPSA) is 128 Å². The Labute approximate surface area is 175 Å². The Morgan fingerprint density at radius 2 is 1.87 bits per heavy atom. The first kappa shape index (κ1) is 19.5.